The average molecular weight is 418 g/mol. The lowest BCUT2D eigenvalue weighted by Gasteiger charge is -2.03. The first-order chi connectivity index (χ1) is 13.4. The van der Waals surface area contributed by atoms with Gasteiger partial charge in [-0.1, -0.05) is 17.3 Å². The summed E-state index contributed by atoms with van der Waals surface area (Å²) in [6, 6.07) is 9.24. The first-order valence-corrected chi connectivity index (χ1v) is 10.4. The van der Waals surface area contributed by atoms with E-state index in [1.807, 2.05) is 0 Å². The highest BCUT2D eigenvalue weighted by molar-refractivity contribution is 7.90. The molecule has 144 valence electrons. The van der Waals surface area contributed by atoms with Gasteiger partial charge < -0.3 is 9.30 Å². The summed E-state index contributed by atoms with van der Waals surface area (Å²) < 4.78 is 49.3. The first kappa shape index (κ1) is 19.8. The largest absolute Gasteiger partial charge is 0.462 e. The third kappa shape index (κ3) is 3.98. The maximum Gasteiger partial charge on any atom is 0.338 e. The zero-order valence-corrected chi connectivity index (χ0v) is 16.4. The minimum absolute atomic E-state index is 0.0938. The van der Waals surface area contributed by atoms with Crippen LogP contribution >= 0.6 is 11.3 Å². The number of terminal acetylenes is 1. The molecule has 1 heterocycles. The number of halogens is 1. The van der Waals surface area contributed by atoms with E-state index in [4.69, 9.17) is 11.2 Å². The molecule has 0 atom stereocenters. The minimum Gasteiger partial charge on any atom is -0.462 e. The molecule has 2 aromatic carbocycles. The third-order valence-corrected chi connectivity index (χ3v) is 6.19. The zero-order chi connectivity index (χ0) is 20.3. The van der Waals surface area contributed by atoms with Crippen molar-refractivity contribution in [1.29, 1.82) is 0 Å². The van der Waals surface area contributed by atoms with Crippen LogP contribution in [0.3, 0.4) is 0 Å². The number of nitrogens with zero attached hydrogens (tertiary/aromatic N) is 2. The second-order valence-corrected chi connectivity index (χ2v) is 8.21. The van der Waals surface area contributed by atoms with Gasteiger partial charge in [0, 0.05) is 0 Å². The van der Waals surface area contributed by atoms with Crippen molar-refractivity contribution in [1.82, 2.24) is 4.57 Å². The van der Waals surface area contributed by atoms with Crippen LogP contribution in [-0.2, 0) is 21.3 Å². The molecule has 28 heavy (non-hydrogen) atoms. The highest BCUT2D eigenvalue weighted by atomic mass is 32.2. The summed E-state index contributed by atoms with van der Waals surface area (Å²) >= 11 is 1.08. The summed E-state index contributed by atoms with van der Waals surface area (Å²) in [6.45, 7) is 2.05. The molecule has 0 spiro atoms. The Morgan fingerprint density at radius 3 is 2.64 bits per heavy atom. The number of hydrogen-bond donors (Lipinski definition) is 0. The maximum atomic E-state index is 13.1. The van der Waals surface area contributed by atoms with E-state index < -0.39 is 21.8 Å². The summed E-state index contributed by atoms with van der Waals surface area (Å²) in [7, 11) is -4.07. The summed E-state index contributed by atoms with van der Waals surface area (Å²) in [5.41, 5.74) is 0.987. The van der Waals surface area contributed by atoms with Crippen molar-refractivity contribution in [3.05, 3.63) is 58.6 Å². The van der Waals surface area contributed by atoms with E-state index in [2.05, 4.69) is 10.3 Å². The van der Waals surface area contributed by atoms with Crippen LogP contribution in [0.2, 0.25) is 0 Å². The number of aromatic nitrogens is 1. The van der Waals surface area contributed by atoms with Crippen LogP contribution in [-0.4, -0.2) is 25.6 Å². The third-order valence-electron chi connectivity index (χ3n) is 3.75. The Labute approximate surface area is 165 Å². The second kappa shape index (κ2) is 7.96. The average Bonchev–Trinajstić information content (AvgIpc) is 2.98. The fraction of sp³-hybridized carbons (Fsp3) is 0.158. The van der Waals surface area contributed by atoms with Gasteiger partial charge in [0.1, 0.15) is 5.82 Å². The standard InChI is InChI=1S/C19H15FN2O4S2/c1-3-11-22-16-10-5-13(18(23)26-4-2)12-17(16)27-19(22)21-28(24,25)15-8-6-14(20)7-9-15/h1,5-10,12H,4,11H2,2H3. The number of esters is 1. The van der Waals surface area contributed by atoms with E-state index in [9.17, 15) is 17.6 Å². The van der Waals surface area contributed by atoms with Gasteiger partial charge in [0.25, 0.3) is 10.0 Å². The van der Waals surface area contributed by atoms with Crippen LogP contribution in [0, 0.1) is 18.2 Å². The van der Waals surface area contributed by atoms with Gasteiger partial charge in [0.05, 0.1) is 33.8 Å². The van der Waals surface area contributed by atoms with Crippen molar-refractivity contribution < 1.29 is 22.3 Å². The molecule has 6 nitrogen and oxygen atoms in total. The Balaban J connectivity index is 2.17. The summed E-state index contributed by atoms with van der Waals surface area (Å²) in [6.07, 6.45) is 5.42. The van der Waals surface area contributed by atoms with E-state index in [0.717, 1.165) is 35.6 Å². The molecule has 0 amide bonds. The van der Waals surface area contributed by atoms with Crippen molar-refractivity contribution in [2.24, 2.45) is 4.40 Å². The lowest BCUT2D eigenvalue weighted by molar-refractivity contribution is 0.0526. The molecule has 0 unspecified atom stereocenters. The second-order valence-electron chi connectivity index (χ2n) is 5.60. The molecule has 0 aliphatic rings. The highest BCUT2D eigenvalue weighted by Gasteiger charge is 2.16. The predicted molar refractivity (Wildman–Crippen MR) is 104 cm³/mol. The fourth-order valence-electron chi connectivity index (χ4n) is 2.49. The maximum absolute atomic E-state index is 13.1. The normalized spacial score (nSPS) is 12.1. The molecular weight excluding hydrogens is 403 g/mol. The van der Waals surface area contributed by atoms with E-state index in [1.165, 1.54) is 0 Å². The van der Waals surface area contributed by atoms with Gasteiger partial charge >= 0.3 is 5.97 Å². The molecule has 0 radical (unpaired) electrons. The molecule has 0 aliphatic heterocycles. The number of carbonyl (C=O) groups excluding carboxylic acids is 1. The van der Waals surface area contributed by atoms with Gasteiger partial charge in [0.15, 0.2) is 0 Å². The number of rotatable bonds is 5. The SMILES string of the molecule is C#CCn1c(=NS(=O)(=O)c2ccc(F)cc2)sc2cc(C(=O)OCC)ccc21. The Hall–Kier alpha value is -2.96. The molecule has 9 heteroatoms. The van der Waals surface area contributed by atoms with E-state index in [-0.39, 0.29) is 22.8 Å². The topological polar surface area (TPSA) is 77.7 Å². The number of thiazole rings is 1. The monoisotopic (exact) mass is 418 g/mol. The molecule has 0 bridgehead atoms. The van der Waals surface area contributed by atoms with Crippen LogP contribution < -0.4 is 4.80 Å². The zero-order valence-electron chi connectivity index (χ0n) is 14.8. The Morgan fingerprint density at radius 2 is 2.00 bits per heavy atom. The molecular formula is C19H15FN2O4S2. The van der Waals surface area contributed by atoms with Crippen molar-refractivity contribution >= 4 is 37.5 Å². The molecule has 0 fully saturated rings. The lowest BCUT2D eigenvalue weighted by atomic mass is 10.2. The Bertz CT molecular complexity index is 1250. The predicted octanol–water partition coefficient (Wildman–Crippen LogP) is 2.94. The summed E-state index contributed by atoms with van der Waals surface area (Å²) in [5.74, 6) is 1.45. The number of fused-ring (bicyclic) bond motifs is 1. The van der Waals surface area contributed by atoms with Gasteiger partial charge in [-0.2, -0.15) is 8.42 Å². The van der Waals surface area contributed by atoms with Gasteiger partial charge in [-0.25, -0.2) is 9.18 Å². The van der Waals surface area contributed by atoms with E-state index >= 15 is 0 Å². The van der Waals surface area contributed by atoms with Gasteiger partial charge in [-0.05, 0) is 49.4 Å². The Kier molecular flexibility index (Phi) is 5.63. The summed E-state index contributed by atoms with van der Waals surface area (Å²) in [4.78, 5) is 12.0. The number of sulfonamides is 1. The van der Waals surface area contributed by atoms with Crippen LogP contribution in [0.1, 0.15) is 17.3 Å². The van der Waals surface area contributed by atoms with Crippen molar-refractivity contribution in [3.8, 4) is 12.3 Å². The van der Waals surface area contributed by atoms with E-state index in [1.54, 1.807) is 29.7 Å². The van der Waals surface area contributed by atoms with Crippen LogP contribution in [0.25, 0.3) is 10.2 Å². The molecule has 0 saturated heterocycles. The van der Waals surface area contributed by atoms with Gasteiger partial charge in [-0.15, -0.1) is 10.8 Å². The number of hydrogen-bond acceptors (Lipinski definition) is 5. The van der Waals surface area contributed by atoms with Crippen LogP contribution in [0.5, 0.6) is 0 Å². The molecule has 0 aliphatic carbocycles. The lowest BCUT2D eigenvalue weighted by Crippen LogP contribution is -2.16. The van der Waals surface area contributed by atoms with Crippen molar-refractivity contribution in [2.45, 2.75) is 18.4 Å². The van der Waals surface area contributed by atoms with Crippen LogP contribution in [0.4, 0.5) is 4.39 Å². The quantitative estimate of drug-likeness (QED) is 0.472. The van der Waals surface area contributed by atoms with E-state index in [0.29, 0.717) is 15.8 Å². The van der Waals surface area contributed by atoms with Crippen molar-refractivity contribution in [2.75, 3.05) is 6.61 Å². The smallest absolute Gasteiger partial charge is 0.338 e. The molecule has 0 N–H and O–H groups in total. The van der Waals surface area contributed by atoms with Gasteiger partial charge in [0.2, 0.25) is 4.80 Å². The van der Waals surface area contributed by atoms with Gasteiger partial charge in [-0.3, -0.25) is 0 Å². The number of benzene rings is 2. The Morgan fingerprint density at radius 1 is 1.29 bits per heavy atom. The minimum atomic E-state index is -4.07. The molecule has 0 saturated carbocycles. The van der Waals surface area contributed by atoms with Crippen LogP contribution in [0.15, 0.2) is 51.8 Å². The number of ether oxygens (including phenoxy) is 1. The number of carbonyl (C=O) groups is 1. The first-order valence-electron chi connectivity index (χ1n) is 8.16. The fourth-order valence-corrected chi connectivity index (χ4v) is 4.76. The summed E-state index contributed by atoms with van der Waals surface area (Å²) in [5, 5.41) is 0. The van der Waals surface area contributed by atoms with Crippen molar-refractivity contribution in [3.63, 3.8) is 0 Å². The molecule has 1 aromatic heterocycles. The highest BCUT2D eigenvalue weighted by Crippen LogP contribution is 2.21. The molecule has 3 rings (SSSR count). The molecule has 3 aromatic rings.